The van der Waals surface area contributed by atoms with Crippen LogP contribution in [0.15, 0.2) is 18.3 Å². The molecule has 0 aromatic carbocycles. The standard InChI is InChI=1S/C14H21ClN2O/c1-18-14-12(6-4-8-16-14)10-17-13-7-3-2-5-11(13)9-15/h4,6,8,11,13,17H,2-3,5,7,9-10H2,1H3. The predicted molar refractivity (Wildman–Crippen MR) is 74.1 cm³/mol. The number of nitrogens with one attached hydrogen (secondary N) is 1. The molecule has 1 N–H and O–H groups in total. The van der Waals surface area contributed by atoms with E-state index in [4.69, 9.17) is 16.3 Å². The molecule has 1 aromatic rings. The van der Waals surface area contributed by atoms with E-state index in [1.165, 1.54) is 25.7 Å². The predicted octanol–water partition coefficient (Wildman–Crippen LogP) is 2.98. The van der Waals surface area contributed by atoms with Gasteiger partial charge in [-0.05, 0) is 24.8 Å². The van der Waals surface area contributed by atoms with Crippen molar-refractivity contribution in [3.8, 4) is 5.88 Å². The number of hydrogen-bond acceptors (Lipinski definition) is 3. The van der Waals surface area contributed by atoms with Gasteiger partial charge in [0.1, 0.15) is 0 Å². The van der Waals surface area contributed by atoms with E-state index in [0.717, 1.165) is 18.0 Å². The summed E-state index contributed by atoms with van der Waals surface area (Å²) in [7, 11) is 1.66. The van der Waals surface area contributed by atoms with Gasteiger partial charge >= 0.3 is 0 Å². The molecule has 0 saturated heterocycles. The van der Waals surface area contributed by atoms with Crippen LogP contribution in [0.4, 0.5) is 0 Å². The molecule has 100 valence electrons. The van der Waals surface area contributed by atoms with Crippen LogP contribution in [0.25, 0.3) is 0 Å². The molecular weight excluding hydrogens is 248 g/mol. The summed E-state index contributed by atoms with van der Waals surface area (Å²) in [5, 5.41) is 3.61. The quantitative estimate of drug-likeness (QED) is 0.834. The van der Waals surface area contributed by atoms with E-state index in [2.05, 4.69) is 16.4 Å². The Morgan fingerprint density at radius 1 is 1.44 bits per heavy atom. The van der Waals surface area contributed by atoms with Crippen molar-refractivity contribution >= 4 is 11.6 Å². The van der Waals surface area contributed by atoms with E-state index in [1.807, 2.05) is 6.07 Å². The molecule has 0 aliphatic heterocycles. The molecule has 0 radical (unpaired) electrons. The zero-order chi connectivity index (χ0) is 12.8. The monoisotopic (exact) mass is 268 g/mol. The third kappa shape index (κ3) is 3.36. The number of rotatable bonds is 5. The van der Waals surface area contributed by atoms with Crippen LogP contribution in [-0.4, -0.2) is 24.0 Å². The van der Waals surface area contributed by atoms with Crippen LogP contribution < -0.4 is 10.1 Å². The summed E-state index contributed by atoms with van der Waals surface area (Å²) >= 11 is 6.04. The van der Waals surface area contributed by atoms with Gasteiger partial charge < -0.3 is 10.1 Å². The fraction of sp³-hybridized carbons (Fsp3) is 0.643. The summed E-state index contributed by atoms with van der Waals surface area (Å²) in [6.45, 7) is 0.801. The van der Waals surface area contributed by atoms with Crippen LogP contribution >= 0.6 is 11.6 Å². The fourth-order valence-electron chi connectivity index (χ4n) is 2.64. The van der Waals surface area contributed by atoms with Crippen molar-refractivity contribution in [2.75, 3.05) is 13.0 Å². The largest absolute Gasteiger partial charge is 0.481 e. The molecule has 1 aliphatic carbocycles. The molecule has 2 rings (SSSR count). The maximum atomic E-state index is 6.04. The van der Waals surface area contributed by atoms with Gasteiger partial charge in [-0.15, -0.1) is 11.6 Å². The highest BCUT2D eigenvalue weighted by molar-refractivity contribution is 6.18. The molecule has 2 atom stereocenters. The SMILES string of the molecule is COc1ncccc1CNC1CCCCC1CCl. The number of ether oxygens (including phenoxy) is 1. The first-order valence-corrected chi connectivity index (χ1v) is 7.16. The lowest BCUT2D eigenvalue weighted by Gasteiger charge is -2.31. The Morgan fingerprint density at radius 3 is 3.06 bits per heavy atom. The number of hydrogen-bond donors (Lipinski definition) is 1. The van der Waals surface area contributed by atoms with E-state index in [-0.39, 0.29) is 0 Å². The highest BCUT2D eigenvalue weighted by atomic mass is 35.5. The topological polar surface area (TPSA) is 34.1 Å². The van der Waals surface area contributed by atoms with Gasteiger partial charge in [0.15, 0.2) is 0 Å². The van der Waals surface area contributed by atoms with Gasteiger partial charge in [0.25, 0.3) is 0 Å². The first-order valence-electron chi connectivity index (χ1n) is 6.62. The van der Waals surface area contributed by atoms with E-state index >= 15 is 0 Å². The highest BCUT2D eigenvalue weighted by Gasteiger charge is 2.23. The second-order valence-corrected chi connectivity index (χ2v) is 5.17. The van der Waals surface area contributed by atoms with Crippen molar-refractivity contribution in [1.82, 2.24) is 10.3 Å². The minimum absolute atomic E-state index is 0.529. The molecule has 18 heavy (non-hydrogen) atoms. The molecule has 0 spiro atoms. The van der Waals surface area contributed by atoms with Crippen molar-refractivity contribution in [1.29, 1.82) is 0 Å². The zero-order valence-corrected chi connectivity index (χ0v) is 11.6. The lowest BCUT2D eigenvalue weighted by atomic mass is 9.85. The number of methoxy groups -OCH3 is 1. The smallest absolute Gasteiger partial charge is 0.217 e. The second-order valence-electron chi connectivity index (χ2n) is 4.86. The third-order valence-electron chi connectivity index (χ3n) is 3.71. The summed E-state index contributed by atoms with van der Waals surface area (Å²) in [5.41, 5.74) is 1.11. The van der Waals surface area contributed by atoms with E-state index in [0.29, 0.717) is 17.8 Å². The maximum absolute atomic E-state index is 6.04. The number of aromatic nitrogens is 1. The van der Waals surface area contributed by atoms with E-state index in [9.17, 15) is 0 Å². The van der Waals surface area contributed by atoms with Crippen LogP contribution in [0.2, 0.25) is 0 Å². The number of nitrogens with zero attached hydrogens (tertiary/aromatic N) is 1. The molecule has 0 amide bonds. The van der Waals surface area contributed by atoms with Gasteiger partial charge in [-0.25, -0.2) is 4.98 Å². The van der Waals surface area contributed by atoms with Crippen LogP contribution in [-0.2, 0) is 6.54 Å². The average Bonchev–Trinajstić information content (AvgIpc) is 2.45. The Labute approximate surface area is 114 Å². The van der Waals surface area contributed by atoms with Crippen molar-refractivity contribution in [3.05, 3.63) is 23.9 Å². The summed E-state index contributed by atoms with van der Waals surface area (Å²) in [6.07, 6.45) is 6.83. The lowest BCUT2D eigenvalue weighted by Crippen LogP contribution is -2.39. The molecule has 1 fully saturated rings. The van der Waals surface area contributed by atoms with E-state index in [1.54, 1.807) is 13.3 Å². The molecule has 1 heterocycles. The van der Waals surface area contributed by atoms with Gasteiger partial charge in [0.05, 0.1) is 7.11 Å². The molecule has 1 saturated carbocycles. The average molecular weight is 269 g/mol. The number of halogens is 1. The van der Waals surface area contributed by atoms with Crippen LogP contribution in [0.5, 0.6) is 5.88 Å². The Bertz CT molecular complexity index is 373. The molecule has 1 aliphatic rings. The van der Waals surface area contributed by atoms with Crippen molar-refractivity contribution < 1.29 is 4.74 Å². The summed E-state index contributed by atoms with van der Waals surface area (Å²) < 4.78 is 5.26. The fourth-order valence-corrected chi connectivity index (χ4v) is 3.01. The minimum Gasteiger partial charge on any atom is -0.481 e. The lowest BCUT2D eigenvalue weighted by molar-refractivity contribution is 0.280. The van der Waals surface area contributed by atoms with Gasteiger partial charge in [-0.1, -0.05) is 18.9 Å². The zero-order valence-electron chi connectivity index (χ0n) is 10.9. The van der Waals surface area contributed by atoms with Crippen LogP contribution in [0.3, 0.4) is 0 Å². The van der Waals surface area contributed by atoms with Crippen molar-refractivity contribution in [3.63, 3.8) is 0 Å². The molecule has 4 heteroatoms. The molecule has 2 unspecified atom stereocenters. The van der Waals surface area contributed by atoms with Gasteiger partial charge in [0, 0.05) is 30.2 Å². The Balaban J connectivity index is 1.93. The minimum atomic E-state index is 0.529. The van der Waals surface area contributed by atoms with Crippen LogP contribution in [0.1, 0.15) is 31.2 Å². The van der Waals surface area contributed by atoms with Crippen molar-refractivity contribution in [2.45, 2.75) is 38.3 Å². The number of pyridine rings is 1. The molecular formula is C14H21ClN2O. The Morgan fingerprint density at radius 2 is 2.28 bits per heavy atom. The molecule has 3 nitrogen and oxygen atoms in total. The first-order chi connectivity index (χ1) is 8.85. The highest BCUT2D eigenvalue weighted by Crippen LogP contribution is 2.26. The second kappa shape index (κ2) is 6.95. The van der Waals surface area contributed by atoms with Crippen molar-refractivity contribution in [2.24, 2.45) is 5.92 Å². The van der Waals surface area contributed by atoms with Gasteiger partial charge in [-0.2, -0.15) is 0 Å². The molecule has 0 bridgehead atoms. The van der Waals surface area contributed by atoms with Crippen LogP contribution in [0, 0.1) is 5.92 Å². The molecule has 1 aromatic heterocycles. The third-order valence-corrected chi connectivity index (χ3v) is 4.10. The first kappa shape index (κ1) is 13.6. The van der Waals surface area contributed by atoms with Gasteiger partial charge in [-0.3, -0.25) is 0 Å². The Hall–Kier alpha value is -0.800. The summed E-state index contributed by atoms with van der Waals surface area (Å²) in [5.74, 6) is 2.06. The maximum Gasteiger partial charge on any atom is 0.217 e. The van der Waals surface area contributed by atoms with Gasteiger partial charge in [0.2, 0.25) is 5.88 Å². The number of alkyl halides is 1. The Kier molecular flexibility index (Phi) is 5.26. The summed E-state index contributed by atoms with van der Waals surface area (Å²) in [6, 6.07) is 4.53. The van der Waals surface area contributed by atoms with E-state index < -0.39 is 0 Å². The normalized spacial score (nSPS) is 23.9. The summed E-state index contributed by atoms with van der Waals surface area (Å²) in [4.78, 5) is 4.21.